The van der Waals surface area contributed by atoms with Crippen LogP contribution in [0, 0.1) is 5.92 Å². The van der Waals surface area contributed by atoms with Crippen LogP contribution in [-0.4, -0.2) is 32.3 Å². The van der Waals surface area contributed by atoms with Gasteiger partial charge in [-0.1, -0.05) is 24.9 Å². The number of hydrogen-bond donors (Lipinski definition) is 0. The molecular formula is C13H14BrCl2NO3S. The van der Waals surface area contributed by atoms with Gasteiger partial charge in [0, 0.05) is 28.2 Å². The van der Waals surface area contributed by atoms with Crippen molar-refractivity contribution in [2.75, 3.05) is 13.1 Å². The Morgan fingerprint density at radius 1 is 1.48 bits per heavy atom. The van der Waals surface area contributed by atoms with Gasteiger partial charge in [0.25, 0.3) is 15.0 Å². The molecule has 1 atom stereocenters. The summed E-state index contributed by atoms with van der Waals surface area (Å²) in [6.45, 7) is 3.41. The van der Waals surface area contributed by atoms with E-state index in [-0.39, 0.29) is 21.4 Å². The molecule has 1 amide bonds. The van der Waals surface area contributed by atoms with Crippen molar-refractivity contribution in [2.45, 2.75) is 24.7 Å². The van der Waals surface area contributed by atoms with Gasteiger partial charge in [-0.15, -0.1) is 0 Å². The van der Waals surface area contributed by atoms with Gasteiger partial charge in [-0.3, -0.25) is 4.79 Å². The normalized spacial score (nSPS) is 19.0. The first-order chi connectivity index (χ1) is 9.74. The summed E-state index contributed by atoms with van der Waals surface area (Å²) in [5.41, 5.74) is 0.155. The van der Waals surface area contributed by atoms with Crippen LogP contribution in [0.25, 0.3) is 0 Å². The van der Waals surface area contributed by atoms with Gasteiger partial charge in [0.1, 0.15) is 0 Å². The van der Waals surface area contributed by atoms with Gasteiger partial charge in [-0.05, 0) is 40.4 Å². The summed E-state index contributed by atoms with van der Waals surface area (Å²) >= 11 is 9.29. The lowest BCUT2D eigenvalue weighted by atomic mass is 10.1. The highest BCUT2D eigenvalue weighted by molar-refractivity contribution is 9.10. The number of hydrogen-bond acceptors (Lipinski definition) is 3. The molecule has 1 aromatic carbocycles. The van der Waals surface area contributed by atoms with E-state index in [4.69, 9.17) is 22.3 Å². The average Bonchev–Trinajstić information content (AvgIpc) is 2.88. The van der Waals surface area contributed by atoms with E-state index in [1.165, 1.54) is 12.1 Å². The minimum atomic E-state index is -3.92. The topological polar surface area (TPSA) is 54.5 Å². The van der Waals surface area contributed by atoms with Gasteiger partial charge < -0.3 is 4.90 Å². The zero-order chi connectivity index (χ0) is 15.8. The molecular weight excluding hydrogens is 401 g/mol. The molecule has 0 spiro atoms. The Balaban J connectivity index is 2.39. The van der Waals surface area contributed by atoms with E-state index in [0.717, 1.165) is 12.8 Å². The van der Waals surface area contributed by atoms with Crippen LogP contribution in [-0.2, 0) is 9.05 Å². The van der Waals surface area contributed by atoms with Crippen LogP contribution in [0.1, 0.15) is 30.1 Å². The molecule has 1 unspecified atom stereocenters. The zero-order valence-corrected chi connectivity index (χ0v) is 15.2. The minimum absolute atomic E-state index is 0.143. The van der Waals surface area contributed by atoms with Crippen molar-refractivity contribution in [3.05, 3.63) is 27.2 Å². The van der Waals surface area contributed by atoms with E-state index in [2.05, 4.69) is 22.9 Å². The van der Waals surface area contributed by atoms with Gasteiger partial charge >= 0.3 is 0 Å². The third-order valence-electron chi connectivity index (χ3n) is 3.66. The van der Waals surface area contributed by atoms with Gasteiger partial charge in [0.15, 0.2) is 0 Å². The predicted molar refractivity (Wildman–Crippen MR) is 86.5 cm³/mol. The predicted octanol–water partition coefficient (Wildman–Crippen LogP) is 3.90. The Kier molecular flexibility index (Phi) is 5.23. The summed E-state index contributed by atoms with van der Waals surface area (Å²) in [6.07, 6.45) is 1.96. The molecule has 1 saturated heterocycles. The van der Waals surface area contributed by atoms with E-state index < -0.39 is 9.05 Å². The molecule has 1 heterocycles. The van der Waals surface area contributed by atoms with Gasteiger partial charge in [-0.25, -0.2) is 8.42 Å². The van der Waals surface area contributed by atoms with Crippen molar-refractivity contribution in [1.29, 1.82) is 0 Å². The quantitative estimate of drug-likeness (QED) is 0.704. The smallest absolute Gasteiger partial charge is 0.261 e. The molecule has 4 nitrogen and oxygen atoms in total. The zero-order valence-electron chi connectivity index (χ0n) is 11.3. The maximum Gasteiger partial charge on any atom is 0.261 e. The molecule has 1 fully saturated rings. The summed E-state index contributed by atoms with van der Waals surface area (Å²) in [7, 11) is 1.42. The highest BCUT2D eigenvalue weighted by atomic mass is 79.9. The first-order valence-corrected chi connectivity index (χ1v) is 9.95. The van der Waals surface area contributed by atoms with Crippen molar-refractivity contribution in [3.63, 3.8) is 0 Å². The fraction of sp³-hybridized carbons (Fsp3) is 0.462. The van der Waals surface area contributed by atoms with E-state index in [1.54, 1.807) is 4.90 Å². The molecule has 21 heavy (non-hydrogen) atoms. The lowest BCUT2D eigenvalue weighted by Crippen LogP contribution is -2.29. The molecule has 1 aliphatic heterocycles. The van der Waals surface area contributed by atoms with Crippen LogP contribution in [0.3, 0.4) is 0 Å². The minimum Gasteiger partial charge on any atom is -0.338 e. The second kappa shape index (κ2) is 6.44. The van der Waals surface area contributed by atoms with E-state index in [9.17, 15) is 13.2 Å². The number of nitrogens with zero attached hydrogens (tertiary/aromatic N) is 1. The largest absolute Gasteiger partial charge is 0.338 e. The Labute approximate surface area is 142 Å². The molecule has 0 aromatic heterocycles. The van der Waals surface area contributed by atoms with Gasteiger partial charge in [-0.2, -0.15) is 0 Å². The van der Waals surface area contributed by atoms with Crippen molar-refractivity contribution in [1.82, 2.24) is 4.90 Å². The Hall–Kier alpha value is -0.300. The van der Waals surface area contributed by atoms with E-state index >= 15 is 0 Å². The van der Waals surface area contributed by atoms with Crippen LogP contribution < -0.4 is 0 Å². The van der Waals surface area contributed by atoms with Crippen LogP contribution in [0.5, 0.6) is 0 Å². The number of likely N-dealkylation sites (tertiary alicyclic amines) is 1. The third kappa shape index (κ3) is 3.73. The van der Waals surface area contributed by atoms with Crippen LogP contribution in [0.2, 0.25) is 5.02 Å². The molecule has 0 radical (unpaired) electrons. The molecule has 1 aromatic rings. The fourth-order valence-corrected chi connectivity index (χ4v) is 3.97. The molecule has 0 bridgehead atoms. The van der Waals surface area contributed by atoms with Gasteiger partial charge in [0.2, 0.25) is 0 Å². The van der Waals surface area contributed by atoms with Crippen molar-refractivity contribution in [3.8, 4) is 0 Å². The molecule has 0 N–H and O–H groups in total. The summed E-state index contributed by atoms with van der Waals surface area (Å²) in [6, 6.07) is 2.53. The average molecular weight is 415 g/mol. The molecule has 8 heteroatoms. The molecule has 0 saturated carbocycles. The summed E-state index contributed by atoms with van der Waals surface area (Å²) in [4.78, 5) is 14.1. The lowest BCUT2D eigenvalue weighted by Gasteiger charge is -2.18. The fourth-order valence-electron chi connectivity index (χ4n) is 2.38. The van der Waals surface area contributed by atoms with Crippen LogP contribution in [0.4, 0.5) is 0 Å². The highest BCUT2D eigenvalue weighted by Gasteiger charge is 2.28. The summed E-state index contributed by atoms with van der Waals surface area (Å²) in [5.74, 6) is 0.218. The van der Waals surface area contributed by atoms with E-state index in [0.29, 0.717) is 23.5 Å². The maximum absolute atomic E-state index is 12.5. The van der Waals surface area contributed by atoms with Crippen LogP contribution in [0.15, 0.2) is 21.5 Å². The molecule has 1 aliphatic rings. The second-order valence-corrected chi connectivity index (χ2v) is 8.82. The van der Waals surface area contributed by atoms with Crippen molar-refractivity contribution in [2.24, 2.45) is 5.92 Å². The first-order valence-electron chi connectivity index (χ1n) is 6.47. The SMILES string of the molecule is CCC1CCN(C(=O)c2cc(S(=O)(=O)Cl)cc(Br)c2Cl)C1. The Morgan fingerprint density at radius 2 is 2.14 bits per heavy atom. The van der Waals surface area contributed by atoms with Crippen molar-refractivity contribution >= 4 is 53.2 Å². The number of halogens is 3. The second-order valence-electron chi connectivity index (χ2n) is 5.02. The lowest BCUT2D eigenvalue weighted by molar-refractivity contribution is 0.0787. The Morgan fingerprint density at radius 3 is 2.67 bits per heavy atom. The number of carbonyl (C=O) groups is 1. The number of rotatable bonds is 3. The van der Waals surface area contributed by atoms with Crippen LogP contribution >= 0.6 is 38.2 Å². The number of benzene rings is 1. The Bertz CT molecular complexity index is 678. The standard InChI is InChI=1S/C13H14BrCl2NO3S/c1-2-8-3-4-17(7-8)13(18)10-5-9(21(16,19)20)6-11(14)12(10)15/h5-6,8H,2-4,7H2,1H3. The van der Waals surface area contributed by atoms with Crippen molar-refractivity contribution < 1.29 is 13.2 Å². The number of carbonyl (C=O) groups excluding carboxylic acids is 1. The summed E-state index contributed by atoms with van der Waals surface area (Å²) < 4.78 is 23.3. The molecule has 116 valence electrons. The first kappa shape index (κ1) is 17.1. The third-order valence-corrected chi connectivity index (χ3v) is 6.26. The van der Waals surface area contributed by atoms with E-state index in [1.807, 2.05) is 0 Å². The monoisotopic (exact) mass is 413 g/mol. The molecule has 0 aliphatic carbocycles. The number of amides is 1. The maximum atomic E-state index is 12.5. The van der Waals surface area contributed by atoms with Gasteiger partial charge in [0.05, 0.1) is 15.5 Å². The molecule has 2 rings (SSSR count). The summed E-state index contributed by atoms with van der Waals surface area (Å²) in [5, 5.41) is 0.198. The highest BCUT2D eigenvalue weighted by Crippen LogP contribution is 2.33.